The van der Waals surface area contributed by atoms with Crippen LogP contribution in [-0.4, -0.2) is 18.1 Å². The van der Waals surface area contributed by atoms with Crippen LogP contribution in [0, 0.1) is 6.92 Å². The smallest absolute Gasteiger partial charge is 0.0300 e. The third-order valence-electron chi connectivity index (χ3n) is 1.77. The minimum absolute atomic E-state index is 1.04. The Labute approximate surface area is 74.0 Å². The van der Waals surface area contributed by atoms with Gasteiger partial charge < -0.3 is 5.32 Å². The summed E-state index contributed by atoms with van der Waals surface area (Å²) < 4.78 is 0. The van der Waals surface area contributed by atoms with E-state index in [-0.39, 0.29) is 0 Å². The molecule has 0 aromatic carbocycles. The monoisotopic (exact) mass is 164 g/mol. The van der Waals surface area contributed by atoms with Crippen LogP contribution in [0.2, 0.25) is 0 Å². The molecule has 66 valence electrons. The van der Waals surface area contributed by atoms with Gasteiger partial charge in [0.15, 0.2) is 0 Å². The van der Waals surface area contributed by atoms with Crippen LogP contribution >= 0.6 is 0 Å². The Hall–Kier alpha value is -0.890. The molecule has 1 aromatic rings. The summed E-state index contributed by atoms with van der Waals surface area (Å²) in [6.07, 6.45) is 4.89. The molecule has 0 radical (unpaired) electrons. The third kappa shape index (κ3) is 3.01. The molecule has 1 aromatic heterocycles. The fraction of sp³-hybridized carbons (Fsp3) is 0.500. The van der Waals surface area contributed by atoms with E-state index in [0.29, 0.717) is 0 Å². The van der Waals surface area contributed by atoms with Crippen LogP contribution in [0.1, 0.15) is 18.1 Å². The van der Waals surface area contributed by atoms with Crippen molar-refractivity contribution in [2.24, 2.45) is 0 Å². The van der Waals surface area contributed by atoms with Gasteiger partial charge in [-0.1, -0.05) is 13.0 Å². The molecule has 1 rings (SSSR count). The minimum Gasteiger partial charge on any atom is -0.317 e. The number of pyridine rings is 1. The first-order valence-electron chi connectivity index (χ1n) is 4.44. The maximum Gasteiger partial charge on any atom is 0.0300 e. The Morgan fingerprint density at radius 2 is 2.25 bits per heavy atom. The second kappa shape index (κ2) is 4.88. The van der Waals surface area contributed by atoms with E-state index in [1.807, 2.05) is 12.4 Å². The molecule has 12 heavy (non-hydrogen) atoms. The first kappa shape index (κ1) is 9.20. The third-order valence-corrected chi connectivity index (χ3v) is 1.77. The Balaban J connectivity index is 2.41. The fourth-order valence-electron chi connectivity index (χ4n) is 1.16. The number of rotatable bonds is 4. The molecule has 0 saturated carbocycles. The van der Waals surface area contributed by atoms with Crippen molar-refractivity contribution in [2.75, 3.05) is 13.1 Å². The van der Waals surface area contributed by atoms with Crippen molar-refractivity contribution in [2.45, 2.75) is 20.3 Å². The highest BCUT2D eigenvalue weighted by atomic mass is 14.8. The largest absolute Gasteiger partial charge is 0.317 e. The van der Waals surface area contributed by atoms with Gasteiger partial charge >= 0.3 is 0 Å². The van der Waals surface area contributed by atoms with E-state index >= 15 is 0 Å². The lowest BCUT2D eigenvalue weighted by Crippen LogP contribution is -2.16. The van der Waals surface area contributed by atoms with Gasteiger partial charge in [-0.2, -0.15) is 0 Å². The predicted molar refractivity (Wildman–Crippen MR) is 51.2 cm³/mol. The quantitative estimate of drug-likeness (QED) is 0.683. The summed E-state index contributed by atoms with van der Waals surface area (Å²) in [5.41, 5.74) is 2.56. The van der Waals surface area contributed by atoms with Gasteiger partial charge in [0.25, 0.3) is 0 Å². The molecule has 0 amide bonds. The van der Waals surface area contributed by atoms with Gasteiger partial charge in [-0.15, -0.1) is 0 Å². The molecule has 0 aliphatic carbocycles. The Kier molecular flexibility index (Phi) is 3.74. The number of nitrogens with zero attached hydrogens (tertiary/aromatic N) is 1. The second-order valence-electron chi connectivity index (χ2n) is 2.97. The molecule has 1 N–H and O–H groups in total. The summed E-state index contributed by atoms with van der Waals surface area (Å²) >= 11 is 0. The van der Waals surface area contributed by atoms with Crippen molar-refractivity contribution in [3.05, 3.63) is 29.6 Å². The summed E-state index contributed by atoms with van der Waals surface area (Å²) in [5.74, 6) is 0. The Bertz CT molecular complexity index is 233. The van der Waals surface area contributed by atoms with Crippen LogP contribution in [0.25, 0.3) is 0 Å². The molecule has 0 unspecified atom stereocenters. The average Bonchev–Trinajstić information content (AvgIpc) is 2.05. The van der Waals surface area contributed by atoms with E-state index in [9.17, 15) is 0 Å². The normalized spacial score (nSPS) is 10.2. The number of hydrogen-bond acceptors (Lipinski definition) is 2. The van der Waals surface area contributed by atoms with E-state index in [4.69, 9.17) is 0 Å². The van der Waals surface area contributed by atoms with Crippen LogP contribution in [0.4, 0.5) is 0 Å². The number of hydrogen-bond donors (Lipinski definition) is 1. The van der Waals surface area contributed by atoms with E-state index in [1.54, 1.807) is 0 Å². The lowest BCUT2D eigenvalue weighted by atomic mass is 10.2. The molecular formula is C10H16N2. The van der Waals surface area contributed by atoms with Crippen LogP contribution in [0.5, 0.6) is 0 Å². The Morgan fingerprint density at radius 1 is 1.42 bits per heavy atom. The molecule has 0 atom stereocenters. The van der Waals surface area contributed by atoms with Crippen LogP contribution in [-0.2, 0) is 6.42 Å². The maximum absolute atomic E-state index is 4.14. The summed E-state index contributed by atoms with van der Waals surface area (Å²) in [6.45, 7) is 6.28. The summed E-state index contributed by atoms with van der Waals surface area (Å²) in [5, 5.41) is 3.29. The molecule has 0 fully saturated rings. The average molecular weight is 164 g/mol. The zero-order valence-corrected chi connectivity index (χ0v) is 7.80. The van der Waals surface area contributed by atoms with Gasteiger partial charge in [-0.25, -0.2) is 0 Å². The van der Waals surface area contributed by atoms with Crippen molar-refractivity contribution < 1.29 is 0 Å². The van der Waals surface area contributed by atoms with Crippen LogP contribution in [0.3, 0.4) is 0 Å². The van der Waals surface area contributed by atoms with Crippen molar-refractivity contribution in [3.63, 3.8) is 0 Å². The lowest BCUT2D eigenvalue weighted by molar-refractivity contribution is 0.715. The van der Waals surface area contributed by atoms with Gasteiger partial charge in [0.05, 0.1) is 0 Å². The van der Waals surface area contributed by atoms with Crippen molar-refractivity contribution in [1.82, 2.24) is 10.3 Å². The van der Waals surface area contributed by atoms with Gasteiger partial charge in [-0.05, 0) is 37.6 Å². The molecule has 0 bridgehead atoms. The highest BCUT2D eigenvalue weighted by molar-refractivity contribution is 5.16. The maximum atomic E-state index is 4.14. The molecule has 2 heteroatoms. The van der Waals surface area contributed by atoms with Crippen molar-refractivity contribution in [1.29, 1.82) is 0 Å². The number of nitrogens with one attached hydrogen (secondary N) is 1. The van der Waals surface area contributed by atoms with Gasteiger partial charge in [0.2, 0.25) is 0 Å². The standard InChI is InChI=1S/C10H16N2/c1-3-11-5-4-10-6-9(2)7-12-8-10/h6-8,11H,3-5H2,1-2H3. The SMILES string of the molecule is CCNCCc1cncc(C)c1. The van der Waals surface area contributed by atoms with Gasteiger partial charge in [0.1, 0.15) is 0 Å². The summed E-state index contributed by atoms with van der Waals surface area (Å²) in [4.78, 5) is 4.14. The fourth-order valence-corrected chi connectivity index (χ4v) is 1.16. The predicted octanol–water partition coefficient (Wildman–Crippen LogP) is 1.54. The molecule has 0 spiro atoms. The van der Waals surface area contributed by atoms with Crippen LogP contribution in [0.15, 0.2) is 18.5 Å². The molecule has 2 nitrogen and oxygen atoms in total. The summed E-state index contributed by atoms with van der Waals surface area (Å²) in [6, 6.07) is 2.18. The molecule has 0 aliphatic heterocycles. The minimum atomic E-state index is 1.04. The molecule has 0 aliphatic rings. The zero-order chi connectivity index (χ0) is 8.81. The molecule has 1 heterocycles. The van der Waals surface area contributed by atoms with Crippen LogP contribution < -0.4 is 5.32 Å². The topological polar surface area (TPSA) is 24.9 Å². The van der Waals surface area contributed by atoms with Gasteiger partial charge in [-0.3, -0.25) is 4.98 Å². The second-order valence-corrected chi connectivity index (χ2v) is 2.97. The van der Waals surface area contributed by atoms with E-state index in [0.717, 1.165) is 19.5 Å². The number of aryl methyl sites for hydroxylation is 1. The molecular weight excluding hydrogens is 148 g/mol. The van der Waals surface area contributed by atoms with E-state index < -0.39 is 0 Å². The highest BCUT2D eigenvalue weighted by Crippen LogP contribution is 2.00. The number of aromatic nitrogens is 1. The van der Waals surface area contributed by atoms with Crippen molar-refractivity contribution >= 4 is 0 Å². The number of likely N-dealkylation sites (N-methyl/N-ethyl adjacent to an activating group) is 1. The van der Waals surface area contributed by atoms with Gasteiger partial charge in [0, 0.05) is 12.4 Å². The highest BCUT2D eigenvalue weighted by Gasteiger charge is 1.92. The first-order valence-corrected chi connectivity index (χ1v) is 4.44. The van der Waals surface area contributed by atoms with E-state index in [1.165, 1.54) is 11.1 Å². The Morgan fingerprint density at radius 3 is 2.92 bits per heavy atom. The zero-order valence-electron chi connectivity index (χ0n) is 7.80. The van der Waals surface area contributed by atoms with E-state index in [2.05, 4.69) is 30.2 Å². The molecule has 0 saturated heterocycles. The van der Waals surface area contributed by atoms with Crippen molar-refractivity contribution in [3.8, 4) is 0 Å². The summed E-state index contributed by atoms with van der Waals surface area (Å²) in [7, 11) is 0. The first-order chi connectivity index (χ1) is 5.83. The lowest BCUT2D eigenvalue weighted by Gasteiger charge is -2.01.